The van der Waals surface area contributed by atoms with Crippen molar-refractivity contribution in [1.82, 2.24) is 4.90 Å². The molecule has 0 saturated carbocycles. The summed E-state index contributed by atoms with van der Waals surface area (Å²) >= 11 is 0. The molecule has 0 bridgehead atoms. The van der Waals surface area contributed by atoms with Crippen molar-refractivity contribution in [2.24, 2.45) is 0 Å². The van der Waals surface area contributed by atoms with Gasteiger partial charge in [-0.2, -0.15) is 0 Å². The van der Waals surface area contributed by atoms with E-state index >= 15 is 0 Å². The van der Waals surface area contributed by atoms with Crippen molar-refractivity contribution >= 4 is 11.7 Å². The van der Waals surface area contributed by atoms with Crippen LogP contribution >= 0.6 is 0 Å². The highest BCUT2D eigenvalue weighted by Crippen LogP contribution is 2.17. The van der Waals surface area contributed by atoms with Crippen LogP contribution in [-0.2, 0) is 6.54 Å². The predicted octanol–water partition coefficient (Wildman–Crippen LogP) is 3.50. The Labute approximate surface area is 123 Å². The summed E-state index contributed by atoms with van der Waals surface area (Å²) in [5.41, 5.74) is 1.52. The van der Waals surface area contributed by atoms with Gasteiger partial charge in [0, 0.05) is 25.3 Å². The maximum Gasteiger partial charge on any atom is 0.321 e. The van der Waals surface area contributed by atoms with Crippen molar-refractivity contribution in [2.75, 3.05) is 19.5 Å². The maximum absolute atomic E-state index is 12.8. The summed E-state index contributed by atoms with van der Waals surface area (Å²) in [6.45, 7) is 0.399. The molecule has 0 atom stereocenters. The molecule has 0 unspecified atom stereocenters. The summed E-state index contributed by atoms with van der Waals surface area (Å²) in [4.78, 5) is 13.6. The van der Waals surface area contributed by atoms with Gasteiger partial charge in [0.25, 0.3) is 0 Å². The van der Waals surface area contributed by atoms with Crippen LogP contribution in [-0.4, -0.2) is 25.1 Å². The molecule has 2 aromatic rings. The Morgan fingerprint density at radius 2 is 1.95 bits per heavy atom. The lowest BCUT2D eigenvalue weighted by Crippen LogP contribution is -2.30. The fraction of sp³-hybridized carbons (Fsp3) is 0.188. The number of rotatable bonds is 4. The summed E-state index contributed by atoms with van der Waals surface area (Å²) in [7, 11) is 3.25. The first-order valence-electron chi connectivity index (χ1n) is 6.49. The van der Waals surface area contributed by atoms with Gasteiger partial charge < -0.3 is 15.0 Å². The number of nitrogens with zero attached hydrogens (tertiary/aromatic N) is 1. The van der Waals surface area contributed by atoms with E-state index in [1.807, 2.05) is 0 Å². The minimum Gasteiger partial charge on any atom is -0.497 e. The highest BCUT2D eigenvalue weighted by atomic mass is 19.1. The molecule has 1 N–H and O–H groups in total. The summed E-state index contributed by atoms with van der Waals surface area (Å²) in [6, 6.07) is 13.0. The zero-order valence-electron chi connectivity index (χ0n) is 12.0. The molecule has 0 aromatic heterocycles. The molecule has 2 aromatic carbocycles. The van der Waals surface area contributed by atoms with E-state index in [2.05, 4.69) is 5.32 Å². The number of anilines is 1. The average molecular weight is 288 g/mol. The van der Waals surface area contributed by atoms with Gasteiger partial charge in [-0.15, -0.1) is 0 Å². The first-order chi connectivity index (χ1) is 10.1. The van der Waals surface area contributed by atoms with E-state index in [9.17, 15) is 9.18 Å². The Morgan fingerprint density at radius 1 is 1.24 bits per heavy atom. The molecule has 0 aliphatic carbocycles. The standard InChI is InChI=1S/C16H17FN2O2/c1-19(11-12-6-8-13(17)9-7-12)16(20)18-14-4-3-5-15(10-14)21-2/h3-10H,11H2,1-2H3,(H,18,20). The minimum absolute atomic E-state index is 0.243. The molecule has 2 amide bonds. The maximum atomic E-state index is 12.8. The first kappa shape index (κ1) is 14.8. The highest BCUT2D eigenvalue weighted by molar-refractivity contribution is 5.89. The van der Waals surface area contributed by atoms with Crippen LogP contribution in [0, 0.1) is 5.82 Å². The Balaban J connectivity index is 1.97. The van der Waals surface area contributed by atoms with Crippen LogP contribution < -0.4 is 10.1 Å². The molecule has 0 fully saturated rings. The SMILES string of the molecule is COc1cccc(NC(=O)N(C)Cc2ccc(F)cc2)c1. The number of carbonyl (C=O) groups is 1. The van der Waals surface area contributed by atoms with Crippen LogP contribution in [0.4, 0.5) is 14.9 Å². The summed E-state index contributed by atoms with van der Waals surface area (Å²) in [6.07, 6.45) is 0. The molecule has 0 spiro atoms. The topological polar surface area (TPSA) is 41.6 Å². The summed E-state index contributed by atoms with van der Waals surface area (Å²) in [5, 5.41) is 2.78. The van der Waals surface area contributed by atoms with Crippen LogP contribution in [0.1, 0.15) is 5.56 Å². The van der Waals surface area contributed by atoms with Gasteiger partial charge in [-0.3, -0.25) is 0 Å². The number of carbonyl (C=O) groups excluding carboxylic acids is 1. The number of nitrogens with one attached hydrogen (secondary N) is 1. The number of benzene rings is 2. The molecule has 0 aliphatic rings. The molecule has 2 rings (SSSR count). The minimum atomic E-state index is -0.290. The molecule has 4 nitrogen and oxygen atoms in total. The van der Waals surface area contributed by atoms with Gasteiger partial charge in [0.15, 0.2) is 0 Å². The van der Waals surface area contributed by atoms with E-state index in [1.165, 1.54) is 17.0 Å². The van der Waals surface area contributed by atoms with Crippen molar-refractivity contribution < 1.29 is 13.9 Å². The van der Waals surface area contributed by atoms with Crippen LogP contribution in [0.25, 0.3) is 0 Å². The van der Waals surface area contributed by atoms with Gasteiger partial charge in [-0.05, 0) is 29.8 Å². The second kappa shape index (κ2) is 6.74. The average Bonchev–Trinajstić information content (AvgIpc) is 2.49. The molecule has 110 valence electrons. The van der Waals surface area contributed by atoms with Crippen LogP contribution in [0.2, 0.25) is 0 Å². The fourth-order valence-electron chi connectivity index (χ4n) is 1.86. The third-order valence-corrected chi connectivity index (χ3v) is 3.00. The number of amides is 2. The largest absolute Gasteiger partial charge is 0.497 e. The molecule has 0 aliphatic heterocycles. The third-order valence-electron chi connectivity index (χ3n) is 3.00. The molecular formula is C16H17FN2O2. The highest BCUT2D eigenvalue weighted by Gasteiger charge is 2.09. The molecule has 21 heavy (non-hydrogen) atoms. The second-order valence-electron chi connectivity index (χ2n) is 4.64. The normalized spacial score (nSPS) is 10.0. The predicted molar refractivity (Wildman–Crippen MR) is 79.9 cm³/mol. The van der Waals surface area contributed by atoms with E-state index in [-0.39, 0.29) is 11.8 Å². The van der Waals surface area contributed by atoms with Crippen molar-refractivity contribution in [3.63, 3.8) is 0 Å². The van der Waals surface area contributed by atoms with Gasteiger partial charge in [0.1, 0.15) is 11.6 Å². The molecule has 0 heterocycles. The lowest BCUT2D eigenvalue weighted by Gasteiger charge is -2.18. The Hall–Kier alpha value is -2.56. The van der Waals surface area contributed by atoms with Crippen LogP contribution in [0.3, 0.4) is 0 Å². The van der Waals surface area contributed by atoms with E-state index < -0.39 is 0 Å². The van der Waals surface area contributed by atoms with Gasteiger partial charge in [-0.1, -0.05) is 18.2 Å². The summed E-state index contributed by atoms with van der Waals surface area (Å²) in [5.74, 6) is 0.385. The zero-order chi connectivity index (χ0) is 15.2. The molecule has 0 radical (unpaired) electrons. The van der Waals surface area contributed by atoms with Gasteiger partial charge in [-0.25, -0.2) is 9.18 Å². The Morgan fingerprint density at radius 3 is 2.62 bits per heavy atom. The number of hydrogen-bond acceptors (Lipinski definition) is 2. The smallest absolute Gasteiger partial charge is 0.321 e. The van der Waals surface area contributed by atoms with Crippen LogP contribution in [0.5, 0.6) is 5.75 Å². The molecule has 0 saturated heterocycles. The number of hydrogen-bond donors (Lipinski definition) is 1. The number of halogens is 1. The van der Waals surface area contributed by atoms with Gasteiger partial charge in [0.05, 0.1) is 7.11 Å². The molecular weight excluding hydrogens is 271 g/mol. The lowest BCUT2D eigenvalue weighted by molar-refractivity contribution is 0.220. The van der Waals surface area contributed by atoms with E-state index in [0.29, 0.717) is 18.0 Å². The van der Waals surface area contributed by atoms with Gasteiger partial charge in [0.2, 0.25) is 0 Å². The Bertz CT molecular complexity index is 614. The van der Waals surface area contributed by atoms with Gasteiger partial charge >= 0.3 is 6.03 Å². The number of ether oxygens (including phenoxy) is 1. The Kier molecular flexibility index (Phi) is 4.77. The number of methoxy groups -OCH3 is 1. The summed E-state index contributed by atoms with van der Waals surface area (Å²) < 4.78 is 17.9. The number of urea groups is 1. The second-order valence-corrected chi connectivity index (χ2v) is 4.64. The van der Waals surface area contributed by atoms with Crippen molar-refractivity contribution in [2.45, 2.75) is 6.54 Å². The van der Waals surface area contributed by atoms with E-state index in [1.54, 1.807) is 50.6 Å². The fourth-order valence-corrected chi connectivity index (χ4v) is 1.86. The zero-order valence-corrected chi connectivity index (χ0v) is 12.0. The first-order valence-corrected chi connectivity index (χ1v) is 6.49. The van der Waals surface area contributed by atoms with Crippen molar-refractivity contribution in [3.8, 4) is 5.75 Å². The van der Waals surface area contributed by atoms with Crippen molar-refractivity contribution in [3.05, 3.63) is 59.9 Å². The monoisotopic (exact) mass is 288 g/mol. The van der Waals surface area contributed by atoms with Crippen molar-refractivity contribution in [1.29, 1.82) is 0 Å². The van der Waals surface area contributed by atoms with Crippen LogP contribution in [0.15, 0.2) is 48.5 Å². The third kappa shape index (κ3) is 4.21. The molecule has 5 heteroatoms. The van der Waals surface area contributed by atoms with E-state index in [0.717, 1.165) is 5.56 Å². The lowest BCUT2D eigenvalue weighted by atomic mass is 10.2. The van der Waals surface area contributed by atoms with E-state index in [4.69, 9.17) is 4.74 Å². The quantitative estimate of drug-likeness (QED) is 0.935.